The fourth-order valence-corrected chi connectivity index (χ4v) is 2.34. The molecule has 0 heterocycles. The van der Waals surface area contributed by atoms with E-state index in [1.54, 1.807) is 0 Å². The smallest absolute Gasteiger partial charge is 0.250 e. The first-order chi connectivity index (χ1) is 7.22. The predicted molar refractivity (Wildman–Crippen MR) is 58.0 cm³/mol. The van der Waals surface area contributed by atoms with Crippen LogP contribution in [0.4, 0.5) is 8.78 Å². The van der Waals surface area contributed by atoms with Crippen molar-refractivity contribution in [3.05, 3.63) is 0 Å². The molecule has 0 aromatic heterocycles. The molecule has 0 aromatic rings. The molecule has 0 bridgehead atoms. The Hall–Kier alpha value is -0.220. The monoisotopic (exact) mass is 220 g/mol. The van der Waals surface area contributed by atoms with Gasteiger partial charge in [-0.2, -0.15) is 0 Å². The first-order valence-corrected chi connectivity index (χ1v) is 5.94. The molecule has 4 heteroatoms. The fourth-order valence-electron chi connectivity index (χ4n) is 2.34. The maximum atomic E-state index is 12.0. The van der Waals surface area contributed by atoms with E-state index < -0.39 is 6.43 Å². The van der Waals surface area contributed by atoms with Crippen LogP contribution in [-0.4, -0.2) is 25.6 Å². The van der Waals surface area contributed by atoms with Crippen molar-refractivity contribution in [1.82, 2.24) is 5.32 Å². The Balaban J connectivity index is 2.19. The molecule has 1 saturated carbocycles. The van der Waals surface area contributed by atoms with E-state index in [1.807, 2.05) is 0 Å². The van der Waals surface area contributed by atoms with E-state index in [0.29, 0.717) is 12.5 Å². The van der Waals surface area contributed by atoms with Crippen molar-refractivity contribution in [1.29, 1.82) is 0 Å². The van der Waals surface area contributed by atoms with Crippen LogP contribution in [0.3, 0.4) is 0 Å². The molecule has 1 atom stereocenters. The second kappa shape index (κ2) is 7.12. The summed E-state index contributed by atoms with van der Waals surface area (Å²) in [7, 11) is 0. The molecule has 0 radical (unpaired) electrons. The van der Waals surface area contributed by atoms with Crippen LogP contribution in [0, 0.1) is 5.92 Å². The molecule has 1 aliphatic carbocycles. The molecule has 0 aromatic carbocycles. The summed E-state index contributed by atoms with van der Waals surface area (Å²) < 4.78 is 24.0. The molecule has 1 fully saturated rings. The van der Waals surface area contributed by atoms with Crippen LogP contribution in [0.5, 0.6) is 0 Å². The van der Waals surface area contributed by atoms with Crippen LogP contribution in [0.15, 0.2) is 0 Å². The summed E-state index contributed by atoms with van der Waals surface area (Å²) >= 11 is 0. The van der Waals surface area contributed by atoms with Crippen LogP contribution in [0.25, 0.3) is 0 Å². The average molecular weight is 220 g/mol. The van der Waals surface area contributed by atoms with Crippen molar-refractivity contribution in [2.75, 3.05) is 13.1 Å². The molecule has 15 heavy (non-hydrogen) atoms. The summed E-state index contributed by atoms with van der Waals surface area (Å²) in [6.45, 7) is 0.234. The third-order valence-electron chi connectivity index (χ3n) is 3.19. The normalized spacial score (nSPS) is 20.8. The summed E-state index contributed by atoms with van der Waals surface area (Å²) in [5.74, 6) is 0.692. The lowest BCUT2D eigenvalue weighted by Gasteiger charge is -2.26. The quantitative estimate of drug-likeness (QED) is 0.719. The Morgan fingerprint density at radius 2 is 1.87 bits per heavy atom. The van der Waals surface area contributed by atoms with Crippen molar-refractivity contribution in [2.24, 2.45) is 11.7 Å². The van der Waals surface area contributed by atoms with Gasteiger partial charge in [-0.1, -0.05) is 32.1 Å². The molecule has 90 valence electrons. The molecule has 1 aliphatic rings. The Kier molecular flexibility index (Phi) is 6.10. The van der Waals surface area contributed by atoms with Gasteiger partial charge in [0.2, 0.25) is 0 Å². The zero-order valence-electron chi connectivity index (χ0n) is 9.22. The van der Waals surface area contributed by atoms with Gasteiger partial charge in [-0.25, -0.2) is 8.78 Å². The van der Waals surface area contributed by atoms with Crippen LogP contribution in [0.1, 0.15) is 38.5 Å². The first kappa shape index (κ1) is 12.8. The first-order valence-electron chi connectivity index (χ1n) is 5.94. The molecule has 3 N–H and O–H groups in total. The van der Waals surface area contributed by atoms with Crippen molar-refractivity contribution < 1.29 is 8.78 Å². The minimum atomic E-state index is -2.27. The van der Waals surface area contributed by atoms with E-state index in [9.17, 15) is 8.78 Å². The largest absolute Gasteiger partial charge is 0.329 e. The second-order valence-corrected chi connectivity index (χ2v) is 4.47. The highest BCUT2D eigenvalue weighted by Gasteiger charge is 2.18. The third kappa shape index (κ3) is 5.42. The van der Waals surface area contributed by atoms with Gasteiger partial charge in [0.15, 0.2) is 0 Å². The lowest BCUT2D eigenvalue weighted by Crippen LogP contribution is -2.40. The summed E-state index contributed by atoms with van der Waals surface area (Å²) in [6, 6.07) is 0.0714. The van der Waals surface area contributed by atoms with Crippen molar-refractivity contribution in [3.8, 4) is 0 Å². The molecule has 0 spiro atoms. The molecule has 2 nitrogen and oxygen atoms in total. The highest BCUT2D eigenvalue weighted by atomic mass is 19.3. The fraction of sp³-hybridized carbons (Fsp3) is 1.00. The van der Waals surface area contributed by atoms with Gasteiger partial charge in [-0.05, 0) is 12.3 Å². The zero-order chi connectivity index (χ0) is 11.1. The second-order valence-electron chi connectivity index (χ2n) is 4.47. The van der Waals surface area contributed by atoms with Gasteiger partial charge in [0.05, 0.1) is 6.54 Å². The number of nitrogens with one attached hydrogen (secondary N) is 1. The number of hydrogen-bond acceptors (Lipinski definition) is 2. The highest BCUT2D eigenvalue weighted by molar-refractivity contribution is 4.75. The molecule has 1 rings (SSSR count). The van der Waals surface area contributed by atoms with Gasteiger partial charge >= 0.3 is 0 Å². The van der Waals surface area contributed by atoms with Crippen LogP contribution < -0.4 is 11.1 Å². The number of halogens is 2. The summed E-state index contributed by atoms with van der Waals surface area (Å²) in [5.41, 5.74) is 5.57. The Bertz CT molecular complexity index is 159. The van der Waals surface area contributed by atoms with Gasteiger partial charge < -0.3 is 11.1 Å². The lowest BCUT2D eigenvalue weighted by molar-refractivity contribution is 0.138. The van der Waals surface area contributed by atoms with E-state index in [4.69, 9.17) is 5.73 Å². The SMILES string of the molecule is NCC(CC1CCCCC1)NCC(F)F. The molecule has 0 amide bonds. The van der Waals surface area contributed by atoms with E-state index in [-0.39, 0.29) is 12.6 Å². The maximum absolute atomic E-state index is 12.0. The van der Waals surface area contributed by atoms with E-state index in [2.05, 4.69) is 5.32 Å². The Labute approximate surface area is 90.6 Å². The predicted octanol–water partition coefficient (Wildman–Crippen LogP) is 2.14. The summed E-state index contributed by atoms with van der Waals surface area (Å²) in [4.78, 5) is 0. The van der Waals surface area contributed by atoms with Gasteiger partial charge in [0.1, 0.15) is 0 Å². The summed E-state index contributed by atoms with van der Waals surface area (Å²) in [6.07, 6.45) is 5.08. The van der Waals surface area contributed by atoms with Crippen LogP contribution in [0.2, 0.25) is 0 Å². The average Bonchev–Trinajstić information content (AvgIpc) is 2.25. The molecule has 0 saturated heterocycles. The number of alkyl halides is 2. The molecule has 1 unspecified atom stereocenters. The van der Waals surface area contributed by atoms with Gasteiger partial charge in [-0.15, -0.1) is 0 Å². The number of nitrogens with two attached hydrogens (primary N) is 1. The molecular formula is C11H22F2N2. The standard InChI is InChI=1S/C11H22F2N2/c12-11(13)8-15-10(7-14)6-9-4-2-1-3-5-9/h9-11,15H,1-8,14H2. The van der Waals surface area contributed by atoms with Crippen LogP contribution >= 0.6 is 0 Å². The van der Waals surface area contributed by atoms with Gasteiger partial charge in [-0.3, -0.25) is 0 Å². The van der Waals surface area contributed by atoms with Gasteiger partial charge in [0, 0.05) is 12.6 Å². The Morgan fingerprint density at radius 3 is 2.40 bits per heavy atom. The zero-order valence-corrected chi connectivity index (χ0v) is 9.22. The lowest BCUT2D eigenvalue weighted by atomic mass is 9.85. The van der Waals surface area contributed by atoms with Crippen molar-refractivity contribution >= 4 is 0 Å². The Morgan fingerprint density at radius 1 is 1.20 bits per heavy atom. The molecule has 0 aliphatic heterocycles. The highest BCUT2D eigenvalue weighted by Crippen LogP contribution is 2.27. The maximum Gasteiger partial charge on any atom is 0.250 e. The number of rotatable bonds is 6. The summed E-state index contributed by atoms with van der Waals surface area (Å²) in [5, 5.41) is 2.84. The topological polar surface area (TPSA) is 38.0 Å². The number of hydrogen-bond donors (Lipinski definition) is 2. The third-order valence-corrected chi connectivity index (χ3v) is 3.19. The van der Waals surface area contributed by atoms with E-state index >= 15 is 0 Å². The van der Waals surface area contributed by atoms with Crippen molar-refractivity contribution in [3.63, 3.8) is 0 Å². The minimum absolute atomic E-state index is 0.0714. The van der Waals surface area contributed by atoms with Gasteiger partial charge in [0.25, 0.3) is 6.43 Å². The van der Waals surface area contributed by atoms with E-state index in [1.165, 1.54) is 32.1 Å². The molecular weight excluding hydrogens is 198 g/mol. The van der Waals surface area contributed by atoms with E-state index in [0.717, 1.165) is 6.42 Å². The minimum Gasteiger partial charge on any atom is -0.329 e. The van der Waals surface area contributed by atoms with Crippen LogP contribution in [-0.2, 0) is 0 Å². The van der Waals surface area contributed by atoms with Crippen molar-refractivity contribution in [2.45, 2.75) is 51.0 Å².